The van der Waals surface area contributed by atoms with Crippen LogP contribution in [-0.2, 0) is 10.1 Å². The number of nitrogens with zero attached hydrogens (tertiary/aromatic N) is 4. The van der Waals surface area contributed by atoms with Gasteiger partial charge in [0.25, 0.3) is 10.1 Å². The number of ether oxygens (including phenoxy) is 2. The highest BCUT2D eigenvalue weighted by atomic mass is 32.2. The molecule has 2 N–H and O–H groups in total. The van der Waals surface area contributed by atoms with E-state index in [0.29, 0.717) is 34.2 Å². The van der Waals surface area contributed by atoms with Crippen LogP contribution in [0.25, 0.3) is 0 Å². The summed E-state index contributed by atoms with van der Waals surface area (Å²) in [6, 6.07) is 15.8. The monoisotopic (exact) mass is 484 g/mol. The lowest BCUT2D eigenvalue weighted by Crippen LogP contribution is -2.12. The molecule has 11 heteroatoms. The van der Waals surface area contributed by atoms with Gasteiger partial charge in [-0.15, -0.1) is 5.11 Å². The number of aliphatic hydroxyl groups excluding tert-OH is 1. The number of rotatable bonds is 9. The van der Waals surface area contributed by atoms with Gasteiger partial charge in [0.2, 0.25) is 0 Å². The number of hydrogen-bond donors (Lipinski definition) is 2. The Balaban J connectivity index is 1.76. The van der Waals surface area contributed by atoms with E-state index in [2.05, 4.69) is 20.5 Å². The molecule has 0 aliphatic carbocycles. The van der Waals surface area contributed by atoms with Gasteiger partial charge in [-0.05, 0) is 74.0 Å². The second kappa shape index (κ2) is 11.0. The summed E-state index contributed by atoms with van der Waals surface area (Å²) < 4.78 is 42.2. The van der Waals surface area contributed by atoms with Crippen molar-refractivity contribution in [2.45, 2.75) is 24.8 Å². The van der Waals surface area contributed by atoms with Crippen molar-refractivity contribution in [3.63, 3.8) is 0 Å². The molecule has 3 rings (SSSR count). The zero-order valence-corrected chi connectivity index (χ0v) is 19.6. The van der Waals surface area contributed by atoms with E-state index in [1.165, 1.54) is 31.4 Å². The van der Waals surface area contributed by atoms with Gasteiger partial charge in [-0.1, -0.05) is 0 Å². The zero-order chi connectivity index (χ0) is 24.7. The number of methoxy groups -OCH3 is 1. The minimum Gasteiger partial charge on any atom is -0.494 e. The highest BCUT2D eigenvalue weighted by Crippen LogP contribution is 2.36. The number of hydrogen-bond acceptors (Lipinski definition) is 9. The maximum Gasteiger partial charge on any atom is 0.294 e. The van der Waals surface area contributed by atoms with Crippen LogP contribution in [0.3, 0.4) is 0 Å². The molecule has 1 atom stereocenters. The molecule has 0 heterocycles. The summed E-state index contributed by atoms with van der Waals surface area (Å²) in [6.45, 7) is 3.69. The van der Waals surface area contributed by atoms with Crippen LogP contribution >= 0.6 is 0 Å². The lowest BCUT2D eigenvalue weighted by Gasteiger charge is -2.08. The molecule has 0 aliphatic heterocycles. The van der Waals surface area contributed by atoms with E-state index < -0.39 is 16.2 Å². The highest BCUT2D eigenvalue weighted by Gasteiger charge is 2.10. The lowest BCUT2D eigenvalue weighted by atomic mass is 10.1. The molecule has 3 aromatic rings. The van der Waals surface area contributed by atoms with Gasteiger partial charge >= 0.3 is 0 Å². The van der Waals surface area contributed by atoms with Gasteiger partial charge in [0.1, 0.15) is 23.8 Å². The first-order chi connectivity index (χ1) is 16.2. The lowest BCUT2D eigenvalue weighted by molar-refractivity contribution is 0.123. The molecular weight excluding hydrogens is 460 g/mol. The molecule has 0 saturated heterocycles. The summed E-state index contributed by atoms with van der Waals surface area (Å²) in [5.41, 5.74) is 2.84. The Bertz CT molecular complexity index is 1290. The molecule has 0 saturated carbocycles. The number of benzene rings is 3. The van der Waals surface area contributed by atoms with Gasteiger partial charge in [0.15, 0.2) is 0 Å². The molecule has 0 radical (unpaired) electrons. The minimum atomic E-state index is -4.26. The molecule has 10 nitrogen and oxygen atoms in total. The van der Waals surface area contributed by atoms with Crippen LogP contribution in [0.1, 0.15) is 12.5 Å². The van der Waals surface area contributed by atoms with E-state index in [0.717, 1.165) is 5.56 Å². The average molecular weight is 485 g/mol. The molecule has 0 aliphatic rings. The molecule has 0 amide bonds. The fraction of sp³-hybridized carbons (Fsp3) is 0.217. The van der Waals surface area contributed by atoms with Gasteiger partial charge in [-0.3, -0.25) is 4.55 Å². The largest absolute Gasteiger partial charge is 0.494 e. The van der Waals surface area contributed by atoms with Crippen molar-refractivity contribution in [1.82, 2.24) is 0 Å². The van der Waals surface area contributed by atoms with Crippen molar-refractivity contribution in [2.75, 3.05) is 13.7 Å². The fourth-order valence-electron chi connectivity index (χ4n) is 2.75. The summed E-state index contributed by atoms with van der Waals surface area (Å²) in [5.74, 6) is 1.07. The summed E-state index contributed by atoms with van der Waals surface area (Å²) in [7, 11) is -2.76. The first kappa shape index (κ1) is 25.0. The Morgan fingerprint density at radius 1 is 0.882 bits per heavy atom. The van der Waals surface area contributed by atoms with Crippen LogP contribution in [0.2, 0.25) is 0 Å². The predicted molar refractivity (Wildman–Crippen MR) is 126 cm³/mol. The van der Waals surface area contributed by atoms with Crippen molar-refractivity contribution in [3.8, 4) is 11.5 Å². The third-order valence-corrected chi connectivity index (χ3v) is 5.37. The van der Waals surface area contributed by atoms with Crippen LogP contribution in [0.15, 0.2) is 86.0 Å². The molecular formula is C23H24N4O6S. The number of aliphatic hydroxyl groups is 1. The van der Waals surface area contributed by atoms with Crippen LogP contribution in [-0.4, -0.2) is 37.9 Å². The summed E-state index contributed by atoms with van der Waals surface area (Å²) >= 11 is 0. The van der Waals surface area contributed by atoms with Crippen LogP contribution < -0.4 is 9.47 Å². The first-order valence-corrected chi connectivity index (χ1v) is 11.6. The molecule has 0 aromatic heterocycles. The van der Waals surface area contributed by atoms with E-state index >= 15 is 0 Å². The van der Waals surface area contributed by atoms with Gasteiger partial charge < -0.3 is 14.6 Å². The first-order valence-electron chi connectivity index (χ1n) is 10.2. The summed E-state index contributed by atoms with van der Waals surface area (Å²) in [5, 5.41) is 26.1. The number of aryl methyl sites for hydroxylation is 1. The van der Waals surface area contributed by atoms with Crippen molar-refractivity contribution in [3.05, 3.63) is 66.2 Å². The normalized spacial score (nSPS) is 12.9. The third-order valence-electron chi connectivity index (χ3n) is 4.51. The highest BCUT2D eigenvalue weighted by molar-refractivity contribution is 7.85. The fourth-order valence-corrected chi connectivity index (χ4v) is 3.23. The van der Waals surface area contributed by atoms with Gasteiger partial charge in [0, 0.05) is 6.07 Å². The van der Waals surface area contributed by atoms with Crippen molar-refractivity contribution in [2.24, 2.45) is 20.5 Å². The Kier molecular flexibility index (Phi) is 8.05. The SMILES string of the molecule is COc1cc(N=Nc2ccc(S(=O)(=O)O)cc2)c(C)cc1N=Nc1ccc(OCC(C)O)cc1. The van der Waals surface area contributed by atoms with Gasteiger partial charge in [-0.25, -0.2) is 0 Å². The Morgan fingerprint density at radius 3 is 1.97 bits per heavy atom. The van der Waals surface area contributed by atoms with Crippen molar-refractivity contribution >= 4 is 32.9 Å². The smallest absolute Gasteiger partial charge is 0.294 e. The minimum absolute atomic E-state index is 0.205. The molecule has 178 valence electrons. The second-order valence-corrected chi connectivity index (χ2v) is 8.75. The van der Waals surface area contributed by atoms with E-state index in [1.54, 1.807) is 43.3 Å². The molecule has 1 unspecified atom stereocenters. The van der Waals surface area contributed by atoms with Gasteiger partial charge in [-0.2, -0.15) is 23.8 Å². The van der Waals surface area contributed by atoms with Crippen molar-refractivity contribution in [1.29, 1.82) is 0 Å². The predicted octanol–water partition coefficient (Wildman–Crippen LogP) is 5.84. The Labute approximate surface area is 197 Å². The van der Waals surface area contributed by atoms with E-state index in [1.807, 2.05) is 6.92 Å². The quantitative estimate of drug-likeness (QED) is 0.288. The van der Waals surface area contributed by atoms with Crippen LogP contribution in [0, 0.1) is 6.92 Å². The molecule has 0 spiro atoms. The van der Waals surface area contributed by atoms with Crippen LogP contribution in [0.5, 0.6) is 11.5 Å². The molecule has 0 bridgehead atoms. The van der Waals surface area contributed by atoms with E-state index in [-0.39, 0.29) is 11.5 Å². The van der Waals surface area contributed by atoms with Gasteiger partial charge in [0.05, 0.1) is 35.2 Å². The maximum absolute atomic E-state index is 11.1. The second-order valence-electron chi connectivity index (χ2n) is 7.33. The number of azo groups is 2. The summed E-state index contributed by atoms with van der Waals surface area (Å²) in [6.07, 6.45) is -0.553. The standard InChI is InChI=1S/C23H24N4O6S/c1-15-12-22(27-25-17-4-8-19(9-5-17)33-14-16(2)28)23(32-3)13-21(15)26-24-18-6-10-20(11-7-18)34(29,30)31/h4-13,16,28H,14H2,1-3H3,(H,29,30,31). The zero-order valence-electron chi connectivity index (χ0n) is 18.8. The van der Waals surface area contributed by atoms with Crippen LogP contribution in [0.4, 0.5) is 22.7 Å². The summed E-state index contributed by atoms with van der Waals surface area (Å²) in [4.78, 5) is -0.221. The maximum atomic E-state index is 11.1. The molecule has 34 heavy (non-hydrogen) atoms. The average Bonchev–Trinajstić information content (AvgIpc) is 2.81. The molecule has 3 aromatic carbocycles. The molecule has 0 fully saturated rings. The van der Waals surface area contributed by atoms with E-state index in [9.17, 15) is 13.5 Å². The van der Waals surface area contributed by atoms with Crippen molar-refractivity contribution < 1.29 is 27.6 Å². The third kappa shape index (κ3) is 6.91. The Morgan fingerprint density at radius 2 is 1.44 bits per heavy atom. The van der Waals surface area contributed by atoms with E-state index in [4.69, 9.17) is 14.0 Å². The topological polar surface area (TPSA) is 142 Å². The Hall–Kier alpha value is -3.67.